The maximum atomic E-state index is 12.6. The molecule has 0 radical (unpaired) electrons. The Morgan fingerprint density at radius 3 is 2.87 bits per heavy atom. The van der Waals surface area contributed by atoms with Crippen LogP contribution in [0.5, 0.6) is 0 Å². The number of para-hydroxylation sites is 1. The summed E-state index contributed by atoms with van der Waals surface area (Å²) in [6.07, 6.45) is 0.648. The Morgan fingerprint density at radius 1 is 1.43 bits per heavy atom. The number of thioether (sulfide) groups is 1. The van der Waals surface area contributed by atoms with E-state index in [1.54, 1.807) is 9.58 Å². The zero-order valence-electron chi connectivity index (χ0n) is 13.4. The van der Waals surface area contributed by atoms with E-state index in [-0.39, 0.29) is 17.6 Å². The number of nitrogens with one attached hydrogen (secondary N) is 1. The molecule has 120 valence electrons. The monoisotopic (exact) mass is 331 g/mol. The lowest BCUT2D eigenvalue weighted by Gasteiger charge is -2.29. The van der Waals surface area contributed by atoms with E-state index >= 15 is 0 Å². The normalized spacial score (nSPS) is 16.0. The first kappa shape index (κ1) is 15.7. The third-order valence-corrected chi connectivity index (χ3v) is 4.86. The maximum Gasteiger partial charge on any atom is 0.325 e. The lowest BCUT2D eigenvalue weighted by Crippen LogP contribution is -2.59. The fourth-order valence-electron chi connectivity index (χ4n) is 2.84. The van der Waals surface area contributed by atoms with Gasteiger partial charge in [0.25, 0.3) is 6.17 Å². The van der Waals surface area contributed by atoms with Gasteiger partial charge in [0.1, 0.15) is 0 Å². The number of hydrogen-bond acceptors (Lipinski definition) is 4. The molecule has 1 N–H and O–H groups in total. The highest BCUT2D eigenvalue weighted by Crippen LogP contribution is 2.34. The molecule has 2 heterocycles. The molecule has 1 aliphatic rings. The fourth-order valence-corrected chi connectivity index (χ4v) is 3.55. The predicted molar refractivity (Wildman–Crippen MR) is 89.4 cm³/mol. The van der Waals surface area contributed by atoms with E-state index in [1.165, 1.54) is 18.7 Å². The van der Waals surface area contributed by atoms with Crippen molar-refractivity contribution in [1.82, 2.24) is 10.1 Å². The molecule has 0 aliphatic carbocycles. The van der Waals surface area contributed by atoms with Crippen molar-refractivity contribution in [3.63, 3.8) is 0 Å². The van der Waals surface area contributed by atoms with Crippen molar-refractivity contribution < 1.29 is 9.48 Å². The summed E-state index contributed by atoms with van der Waals surface area (Å²) in [5.74, 6) is 0.803. The van der Waals surface area contributed by atoms with Gasteiger partial charge in [0.05, 0.1) is 11.3 Å². The van der Waals surface area contributed by atoms with Crippen LogP contribution in [0.4, 0.5) is 5.69 Å². The van der Waals surface area contributed by atoms with Crippen molar-refractivity contribution in [1.29, 1.82) is 0 Å². The lowest BCUT2D eigenvalue weighted by atomic mass is 10.1. The van der Waals surface area contributed by atoms with Crippen LogP contribution in [0.3, 0.4) is 0 Å². The summed E-state index contributed by atoms with van der Waals surface area (Å²) in [6, 6.07) is 7.43. The first-order valence-electron chi connectivity index (χ1n) is 7.62. The summed E-state index contributed by atoms with van der Waals surface area (Å²) in [7, 11) is 0. The zero-order valence-corrected chi connectivity index (χ0v) is 14.2. The SMILES string of the molecule is CCCSc1n[n+]2c(c(=O)[nH]1)-c1ccccc1N(C(C)=O)[C@H]2C. The van der Waals surface area contributed by atoms with E-state index in [9.17, 15) is 9.59 Å². The first-order chi connectivity index (χ1) is 11.0. The number of amides is 1. The Bertz CT molecular complexity index is 818. The molecule has 1 aromatic carbocycles. The predicted octanol–water partition coefficient (Wildman–Crippen LogP) is 2.11. The van der Waals surface area contributed by atoms with E-state index in [0.29, 0.717) is 10.9 Å². The Balaban J connectivity index is 2.23. The molecule has 0 fully saturated rings. The van der Waals surface area contributed by atoms with Crippen LogP contribution in [-0.2, 0) is 4.79 Å². The minimum Gasteiger partial charge on any atom is -0.291 e. The standard InChI is InChI=1S/C16H18N4O2S/c1-4-9-23-16-17-15(22)14-12-7-5-6-8-13(12)19(11(3)21)10(2)20(14)18-16/h5-8,10H,4,9H2,1-3H3/p+1/t10-/m1/s1. The summed E-state index contributed by atoms with van der Waals surface area (Å²) in [4.78, 5) is 29.2. The van der Waals surface area contributed by atoms with Crippen molar-refractivity contribution in [2.24, 2.45) is 0 Å². The summed E-state index contributed by atoms with van der Waals surface area (Å²) < 4.78 is 1.65. The third-order valence-electron chi connectivity index (χ3n) is 3.79. The highest BCUT2D eigenvalue weighted by atomic mass is 32.2. The molecule has 2 aromatic rings. The summed E-state index contributed by atoms with van der Waals surface area (Å²) in [5, 5.41) is 5.13. The van der Waals surface area contributed by atoms with Crippen LogP contribution in [0.15, 0.2) is 34.2 Å². The van der Waals surface area contributed by atoms with Crippen LogP contribution in [-0.4, -0.2) is 21.7 Å². The molecule has 6 nitrogen and oxygen atoms in total. The summed E-state index contributed by atoms with van der Waals surface area (Å²) in [5.41, 5.74) is 1.78. The lowest BCUT2D eigenvalue weighted by molar-refractivity contribution is -0.768. The number of anilines is 1. The van der Waals surface area contributed by atoms with Crippen molar-refractivity contribution >= 4 is 23.4 Å². The number of aromatic nitrogens is 3. The van der Waals surface area contributed by atoms with E-state index in [2.05, 4.69) is 17.0 Å². The van der Waals surface area contributed by atoms with Gasteiger partial charge in [0.15, 0.2) is 0 Å². The number of nitrogens with zero attached hydrogens (tertiary/aromatic N) is 3. The van der Waals surface area contributed by atoms with E-state index in [4.69, 9.17) is 0 Å². The highest BCUT2D eigenvalue weighted by molar-refractivity contribution is 7.99. The molecule has 7 heteroatoms. The van der Waals surface area contributed by atoms with Gasteiger partial charge in [0, 0.05) is 24.7 Å². The second kappa shape index (κ2) is 6.16. The minimum atomic E-state index is -0.347. The van der Waals surface area contributed by atoms with Crippen LogP contribution >= 0.6 is 11.8 Å². The van der Waals surface area contributed by atoms with Gasteiger partial charge in [-0.05, 0) is 18.6 Å². The molecular weight excluding hydrogens is 312 g/mol. The molecule has 23 heavy (non-hydrogen) atoms. The van der Waals surface area contributed by atoms with Crippen molar-refractivity contribution in [2.75, 3.05) is 10.7 Å². The maximum absolute atomic E-state index is 12.6. The molecule has 1 aromatic heterocycles. The van der Waals surface area contributed by atoms with Crippen molar-refractivity contribution in [3.8, 4) is 11.3 Å². The first-order valence-corrected chi connectivity index (χ1v) is 8.61. The zero-order chi connectivity index (χ0) is 16.6. The van der Waals surface area contributed by atoms with Gasteiger partial charge in [-0.15, -0.1) is 0 Å². The Labute approximate surface area is 138 Å². The number of carbonyl (C=O) groups is 1. The number of fused-ring (bicyclic) bond motifs is 3. The second-order valence-electron chi connectivity index (χ2n) is 5.44. The summed E-state index contributed by atoms with van der Waals surface area (Å²) in [6.45, 7) is 5.48. The smallest absolute Gasteiger partial charge is 0.291 e. The topological polar surface area (TPSA) is 69.9 Å². The number of benzene rings is 1. The Hall–Kier alpha value is -2.15. The van der Waals surface area contributed by atoms with Gasteiger partial charge >= 0.3 is 11.3 Å². The average Bonchev–Trinajstić information content (AvgIpc) is 2.52. The van der Waals surface area contributed by atoms with Gasteiger partial charge < -0.3 is 0 Å². The molecule has 0 unspecified atom stereocenters. The van der Waals surface area contributed by atoms with Gasteiger partial charge in [-0.25, -0.2) is 0 Å². The van der Waals surface area contributed by atoms with Gasteiger partial charge in [-0.3, -0.25) is 19.5 Å². The van der Waals surface area contributed by atoms with Crippen LogP contribution in [0.2, 0.25) is 0 Å². The molecule has 0 bridgehead atoms. The molecule has 0 spiro atoms. The molecule has 0 saturated carbocycles. The van der Waals surface area contributed by atoms with Crippen LogP contribution < -0.4 is 15.1 Å². The van der Waals surface area contributed by atoms with Crippen molar-refractivity contribution in [3.05, 3.63) is 34.6 Å². The average molecular weight is 331 g/mol. The number of carbonyl (C=O) groups excluding carboxylic acids is 1. The van der Waals surface area contributed by atoms with Gasteiger partial charge in [0.2, 0.25) is 11.1 Å². The largest absolute Gasteiger partial charge is 0.325 e. The Morgan fingerprint density at radius 2 is 2.17 bits per heavy atom. The van der Waals surface area contributed by atoms with Crippen LogP contribution in [0.25, 0.3) is 11.3 Å². The third kappa shape index (κ3) is 2.65. The summed E-state index contributed by atoms with van der Waals surface area (Å²) >= 11 is 1.51. The number of H-pyrrole nitrogens is 1. The van der Waals surface area contributed by atoms with Crippen molar-refractivity contribution in [2.45, 2.75) is 38.5 Å². The van der Waals surface area contributed by atoms with Gasteiger partial charge in [-0.2, -0.15) is 0 Å². The number of hydrogen-bond donors (Lipinski definition) is 1. The van der Waals surface area contributed by atoms with E-state index in [1.807, 2.05) is 31.2 Å². The minimum absolute atomic E-state index is 0.0760. The van der Waals surface area contributed by atoms with Gasteiger partial charge in [-0.1, -0.05) is 35.5 Å². The Kier molecular flexibility index (Phi) is 4.21. The molecule has 1 atom stereocenters. The highest BCUT2D eigenvalue weighted by Gasteiger charge is 2.40. The number of rotatable bonds is 3. The van der Waals surface area contributed by atoms with Crippen LogP contribution in [0, 0.1) is 0 Å². The molecular formula is C16H19N4O2S+. The molecule has 1 aliphatic heterocycles. The van der Waals surface area contributed by atoms with E-state index < -0.39 is 0 Å². The van der Waals surface area contributed by atoms with E-state index in [0.717, 1.165) is 23.4 Å². The molecule has 3 rings (SSSR count). The quantitative estimate of drug-likeness (QED) is 0.691. The molecule has 1 amide bonds. The number of aromatic amines is 1. The van der Waals surface area contributed by atoms with Crippen LogP contribution in [0.1, 0.15) is 33.4 Å². The second-order valence-corrected chi connectivity index (χ2v) is 6.52. The fraction of sp³-hybridized carbons (Fsp3) is 0.375. The molecule has 0 saturated heterocycles.